The number of nitrogens with zero attached hydrogens (tertiary/aromatic N) is 3. The number of Topliss-reactive ketones (excluding diaryl/α,β-unsaturated/α-hetero) is 1. The SMILES string of the molecule is [2H]C([2H])([2H])NC(=O)c1cnc(NC(=O)C2CC2)cc1Nc1cn(C)c2ccn(CC(=O)CCC)c(=O)c12. The van der Waals surface area contributed by atoms with E-state index in [0.29, 0.717) is 24.0 Å². The molecule has 4 rings (SSSR count). The van der Waals surface area contributed by atoms with Gasteiger partial charge < -0.3 is 25.1 Å². The van der Waals surface area contributed by atoms with Gasteiger partial charge in [-0.05, 0) is 25.3 Å². The molecule has 2 amide bonds. The predicted octanol–water partition coefficient (Wildman–Crippen LogP) is 2.56. The summed E-state index contributed by atoms with van der Waals surface area (Å²) in [6.07, 6.45) is 7.00. The number of carbonyl (C=O) groups is 3. The van der Waals surface area contributed by atoms with Crippen LogP contribution in [0.3, 0.4) is 0 Å². The molecule has 0 bridgehead atoms. The molecule has 1 fully saturated rings. The van der Waals surface area contributed by atoms with Crippen molar-refractivity contribution in [2.75, 3.05) is 17.6 Å². The molecule has 1 saturated carbocycles. The largest absolute Gasteiger partial charge is 0.355 e. The van der Waals surface area contributed by atoms with Gasteiger partial charge in [0.2, 0.25) is 5.91 Å². The molecule has 0 atom stereocenters. The van der Waals surface area contributed by atoms with Gasteiger partial charge in [-0.25, -0.2) is 4.98 Å². The molecule has 0 radical (unpaired) electrons. The molecule has 0 spiro atoms. The molecule has 3 aromatic heterocycles. The number of aryl methyl sites for hydroxylation is 1. The molecule has 10 nitrogen and oxygen atoms in total. The molecule has 0 aromatic carbocycles. The molecule has 3 heterocycles. The summed E-state index contributed by atoms with van der Waals surface area (Å²) in [5.74, 6) is -1.07. The Morgan fingerprint density at radius 2 is 2.06 bits per heavy atom. The Morgan fingerprint density at radius 1 is 1.26 bits per heavy atom. The van der Waals surface area contributed by atoms with Gasteiger partial charge in [0.25, 0.3) is 11.5 Å². The highest BCUT2D eigenvalue weighted by atomic mass is 16.2. The number of anilines is 3. The highest BCUT2D eigenvalue weighted by Gasteiger charge is 2.30. The van der Waals surface area contributed by atoms with Crippen LogP contribution in [0.4, 0.5) is 17.2 Å². The lowest BCUT2D eigenvalue weighted by Crippen LogP contribution is -2.24. The number of aromatic nitrogens is 3. The molecule has 34 heavy (non-hydrogen) atoms. The van der Waals surface area contributed by atoms with Gasteiger partial charge in [0, 0.05) is 55.1 Å². The minimum absolute atomic E-state index is 0.0597. The van der Waals surface area contributed by atoms with Crippen LogP contribution in [-0.4, -0.2) is 38.7 Å². The minimum atomic E-state index is -2.73. The zero-order valence-electron chi connectivity index (χ0n) is 22.0. The van der Waals surface area contributed by atoms with Crippen LogP contribution in [0.15, 0.2) is 35.5 Å². The standard InChI is InChI=1S/C24H28N6O4/c1-4-5-15(31)12-30-9-8-19-21(24(30)34)18(13-29(19)3)27-17-10-20(28-22(32)14-6-7-14)26-11-16(17)23(33)25-2/h8-11,13-14H,4-7,12H2,1-3H3,(H,25,33)(H2,26,27,28,32)/i2D3. The average molecular weight is 468 g/mol. The van der Waals surface area contributed by atoms with Gasteiger partial charge in [-0.3, -0.25) is 19.2 Å². The number of fused-ring (bicyclic) bond motifs is 1. The summed E-state index contributed by atoms with van der Waals surface area (Å²) >= 11 is 0. The Labute approximate surface area is 200 Å². The first kappa shape index (κ1) is 19.5. The summed E-state index contributed by atoms with van der Waals surface area (Å²) in [6.45, 7) is -0.902. The van der Waals surface area contributed by atoms with Crippen LogP contribution in [-0.2, 0) is 23.2 Å². The van der Waals surface area contributed by atoms with Crippen LogP contribution < -0.4 is 21.5 Å². The van der Waals surface area contributed by atoms with Crippen LogP contribution in [0.1, 0.15) is 47.1 Å². The van der Waals surface area contributed by atoms with E-state index in [-0.39, 0.29) is 46.6 Å². The molecule has 1 aliphatic carbocycles. The molecule has 10 heteroatoms. The number of amides is 2. The molecule has 0 unspecified atom stereocenters. The fraction of sp³-hybridized carbons (Fsp3) is 0.375. The Hall–Kier alpha value is -3.95. The number of hydrogen-bond donors (Lipinski definition) is 3. The van der Waals surface area contributed by atoms with E-state index in [1.807, 2.05) is 12.2 Å². The average Bonchev–Trinajstić information content (AvgIpc) is 3.60. The zero-order valence-corrected chi connectivity index (χ0v) is 19.0. The summed E-state index contributed by atoms with van der Waals surface area (Å²) in [4.78, 5) is 54.6. The van der Waals surface area contributed by atoms with E-state index in [0.717, 1.165) is 12.8 Å². The maximum absolute atomic E-state index is 13.3. The molecule has 178 valence electrons. The third-order valence-corrected chi connectivity index (χ3v) is 5.72. The third-order valence-electron chi connectivity index (χ3n) is 5.72. The topological polar surface area (TPSA) is 127 Å². The number of nitrogens with one attached hydrogen (secondary N) is 3. The Morgan fingerprint density at radius 3 is 2.76 bits per heavy atom. The lowest BCUT2D eigenvalue weighted by atomic mass is 10.2. The van der Waals surface area contributed by atoms with Gasteiger partial charge >= 0.3 is 0 Å². The first-order valence-electron chi connectivity index (χ1n) is 12.6. The van der Waals surface area contributed by atoms with E-state index in [1.54, 1.807) is 30.1 Å². The van der Waals surface area contributed by atoms with Crippen molar-refractivity contribution in [3.05, 3.63) is 46.6 Å². The quantitative estimate of drug-likeness (QED) is 0.444. The Balaban J connectivity index is 1.75. The van der Waals surface area contributed by atoms with Crippen molar-refractivity contribution in [2.24, 2.45) is 13.0 Å². The fourth-order valence-corrected chi connectivity index (χ4v) is 3.80. The second kappa shape index (κ2) is 9.50. The maximum Gasteiger partial charge on any atom is 0.262 e. The van der Waals surface area contributed by atoms with E-state index in [9.17, 15) is 19.2 Å². The van der Waals surface area contributed by atoms with Crippen molar-refractivity contribution < 1.29 is 18.5 Å². The van der Waals surface area contributed by atoms with E-state index in [4.69, 9.17) is 4.11 Å². The van der Waals surface area contributed by atoms with E-state index >= 15 is 0 Å². The molecular formula is C24H28N6O4. The van der Waals surface area contributed by atoms with Crippen molar-refractivity contribution in [2.45, 2.75) is 39.2 Å². The number of pyridine rings is 2. The van der Waals surface area contributed by atoms with Gasteiger partial charge in [0.1, 0.15) is 5.82 Å². The molecule has 3 N–H and O–H groups in total. The van der Waals surface area contributed by atoms with Crippen LogP contribution in [0.2, 0.25) is 0 Å². The third kappa shape index (κ3) is 4.70. The number of carbonyl (C=O) groups excluding carboxylic acids is 3. The highest BCUT2D eigenvalue weighted by Crippen LogP contribution is 2.31. The summed E-state index contributed by atoms with van der Waals surface area (Å²) in [5, 5.41) is 7.97. The van der Waals surface area contributed by atoms with Crippen LogP contribution >= 0.6 is 0 Å². The first-order chi connectivity index (χ1) is 17.5. The normalized spacial score (nSPS) is 14.7. The lowest BCUT2D eigenvalue weighted by molar-refractivity contribution is -0.119. The van der Waals surface area contributed by atoms with Crippen molar-refractivity contribution >= 4 is 45.7 Å². The van der Waals surface area contributed by atoms with Gasteiger partial charge in [-0.2, -0.15) is 0 Å². The van der Waals surface area contributed by atoms with Crippen molar-refractivity contribution in [1.29, 1.82) is 0 Å². The first-order valence-corrected chi connectivity index (χ1v) is 11.1. The Kier molecular flexibility index (Phi) is 5.45. The second-order valence-electron chi connectivity index (χ2n) is 8.41. The van der Waals surface area contributed by atoms with Gasteiger partial charge in [-0.15, -0.1) is 0 Å². The van der Waals surface area contributed by atoms with E-state index in [2.05, 4.69) is 15.6 Å². The van der Waals surface area contributed by atoms with Crippen molar-refractivity contribution in [3.8, 4) is 0 Å². The maximum atomic E-state index is 13.3. The summed E-state index contributed by atoms with van der Waals surface area (Å²) < 4.78 is 25.2. The summed E-state index contributed by atoms with van der Waals surface area (Å²) in [5.41, 5.74) is 0.596. The van der Waals surface area contributed by atoms with Crippen LogP contribution in [0.5, 0.6) is 0 Å². The van der Waals surface area contributed by atoms with Gasteiger partial charge in [0.05, 0.1) is 34.4 Å². The van der Waals surface area contributed by atoms with Gasteiger partial charge in [-0.1, -0.05) is 6.92 Å². The van der Waals surface area contributed by atoms with Crippen LogP contribution in [0, 0.1) is 5.92 Å². The van der Waals surface area contributed by atoms with Crippen LogP contribution in [0.25, 0.3) is 10.9 Å². The molecule has 0 aliphatic heterocycles. The van der Waals surface area contributed by atoms with Crippen molar-refractivity contribution in [1.82, 2.24) is 19.4 Å². The summed E-state index contributed by atoms with van der Waals surface area (Å²) in [7, 11) is 1.75. The van der Waals surface area contributed by atoms with Gasteiger partial charge in [0.15, 0.2) is 5.78 Å². The summed E-state index contributed by atoms with van der Waals surface area (Å²) in [6, 6.07) is 3.14. The predicted molar refractivity (Wildman–Crippen MR) is 129 cm³/mol. The molecular weight excluding hydrogens is 436 g/mol. The molecule has 3 aromatic rings. The van der Waals surface area contributed by atoms with Crippen molar-refractivity contribution in [3.63, 3.8) is 0 Å². The lowest BCUT2D eigenvalue weighted by Gasteiger charge is -2.13. The minimum Gasteiger partial charge on any atom is -0.355 e. The monoisotopic (exact) mass is 467 g/mol. The Bertz CT molecular complexity index is 1440. The second-order valence-corrected chi connectivity index (χ2v) is 8.41. The molecule has 0 saturated heterocycles. The van der Waals surface area contributed by atoms with E-state index in [1.165, 1.54) is 16.8 Å². The number of ketones is 1. The fourth-order valence-electron chi connectivity index (χ4n) is 3.80. The number of rotatable bonds is 9. The zero-order chi connectivity index (χ0) is 26.9. The number of hydrogen-bond acceptors (Lipinski definition) is 6. The van der Waals surface area contributed by atoms with E-state index < -0.39 is 18.4 Å². The smallest absolute Gasteiger partial charge is 0.262 e. The molecule has 1 aliphatic rings. The highest BCUT2D eigenvalue weighted by molar-refractivity contribution is 6.03.